The fourth-order valence-corrected chi connectivity index (χ4v) is 6.58. The Morgan fingerprint density at radius 3 is 1.77 bits per heavy atom. The zero-order valence-corrected chi connectivity index (χ0v) is 15.7. The van der Waals surface area contributed by atoms with Gasteiger partial charge in [-0.25, -0.2) is 0 Å². The molecular weight excluding hydrogens is 292 g/mol. The highest BCUT2D eigenvalue weighted by Gasteiger charge is 2.55. The summed E-state index contributed by atoms with van der Waals surface area (Å²) in [6.45, 7) is 10.0. The molecule has 0 unspecified atom stereocenters. The van der Waals surface area contributed by atoms with Crippen molar-refractivity contribution in [3.63, 3.8) is 0 Å². The van der Waals surface area contributed by atoms with Crippen LogP contribution < -0.4 is 0 Å². The van der Waals surface area contributed by atoms with Crippen LogP contribution in [0.2, 0.25) is 5.54 Å². The molecule has 0 N–H and O–H groups in total. The molecule has 0 aromatic heterocycles. The first-order chi connectivity index (χ1) is 10.2. The van der Waals surface area contributed by atoms with E-state index >= 15 is 0 Å². The highest BCUT2D eigenvalue weighted by molar-refractivity contribution is 6.62. The molecule has 22 heavy (non-hydrogen) atoms. The third-order valence-electron chi connectivity index (χ3n) is 3.94. The van der Waals surface area contributed by atoms with Gasteiger partial charge in [0.2, 0.25) is 0 Å². The predicted octanol–water partition coefficient (Wildman–Crippen LogP) is 4.15. The van der Waals surface area contributed by atoms with Gasteiger partial charge in [-0.3, -0.25) is 0 Å². The van der Waals surface area contributed by atoms with E-state index in [1.54, 1.807) is 0 Å². The van der Waals surface area contributed by atoms with E-state index in [2.05, 4.69) is 11.8 Å². The SMILES string of the molecule is C#CC(C)(C)O[Si](OCC)(OC(C)(C)C#C)C1CCCCC1. The van der Waals surface area contributed by atoms with Gasteiger partial charge in [-0.1, -0.05) is 31.1 Å². The molecule has 1 rings (SSSR count). The van der Waals surface area contributed by atoms with Crippen LogP contribution in [0.3, 0.4) is 0 Å². The maximum Gasteiger partial charge on any atom is 0.506 e. The van der Waals surface area contributed by atoms with Crippen LogP contribution >= 0.6 is 0 Å². The second-order valence-corrected chi connectivity index (χ2v) is 9.61. The maximum absolute atomic E-state index is 6.36. The quantitative estimate of drug-likeness (QED) is 0.520. The fourth-order valence-electron chi connectivity index (χ4n) is 2.79. The standard InChI is InChI=1S/C18H30O3Si/c1-8-17(4,5)20-22(19-10-3,21-18(6,7)9-2)16-14-12-11-13-15-16/h1-2,16H,10-15H2,3-7H3. The third kappa shape index (κ3) is 5.14. The zero-order valence-electron chi connectivity index (χ0n) is 14.7. The monoisotopic (exact) mass is 322 g/mol. The Balaban J connectivity index is 3.18. The van der Waals surface area contributed by atoms with Crippen molar-refractivity contribution in [3.05, 3.63) is 0 Å². The van der Waals surface area contributed by atoms with Crippen molar-refractivity contribution in [2.24, 2.45) is 0 Å². The van der Waals surface area contributed by atoms with E-state index in [4.69, 9.17) is 26.1 Å². The molecular formula is C18H30O3Si. The van der Waals surface area contributed by atoms with E-state index in [0.29, 0.717) is 6.61 Å². The number of terminal acetylenes is 2. The molecule has 0 aromatic carbocycles. The summed E-state index contributed by atoms with van der Waals surface area (Å²) in [5.74, 6) is 5.40. The first-order valence-electron chi connectivity index (χ1n) is 8.20. The van der Waals surface area contributed by atoms with E-state index in [9.17, 15) is 0 Å². The van der Waals surface area contributed by atoms with E-state index in [0.717, 1.165) is 12.8 Å². The Kier molecular flexibility index (Phi) is 6.71. The minimum Gasteiger partial charge on any atom is -0.374 e. The highest BCUT2D eigenvalue weighted by atomic mass is 28.4. The summed E-state index contributed by atoms with van der Waals surface area (Å²) in [6, 6.07) is 0. The Bertz CT molecular complexity index is 408. The van der Waals surface area contributed by atoms with Crippen molar-refractivity contribution in [2.75, 3.05) is 6.61 Å². The minimum absolute atomic E-state index is 0.265. The lowest BCUT2D eigenvalue weighted by molar-refractivity contribution is -0.0287. The van der Waals surface area contributed by atoms with Crippen LogP contribution in [0.15, 0.2) is 0 Å². The predicted molar refractivity (Wildman–Crippen MR) is 92.2 cm³/mol. The third-order valence-corrected chi connectivity index (χ3v) is 7.80. The van der Waals surface area contributed by atoms with Gasteiger partial charge in [-0.2, -0.15) is 0 Å². The smallest absolute Gasteiger partial charge is 0.374 e. The number of hydrogen-bond donors (Lipinski definition) is 0. The van der Waals surface area contributed by atoms with Crippen LogP contribution in [0.4, 0.5) is 0 Å². The van der Waals surface area contributed by atoms with Crippen LogP contribution in [0.5, 0.6) is 0 Å². The second-order valence-electron chi connectivity index (χ2n) is 6.88. The molecule has 0 bridgehead atoms. The van der Waals surface area contributed by atoms with E-state index in [1.165, 1.54) is 19.3 Å². The van der Waals surface area contributed by atoms with Gasteiger partial charge in [0.1, 0.15) is 11.2 Å². The van der Waals surface area contributed by atoms with Crippen molar-refractivity contribution in [1.82, 2.24) is 0 Å². The average Bonchev–Trinajstić information content (AvgIpc) is 2.47. The molecule has 0 atom stereocenters. The number of rotatable bonds is 7. The van der Waals surface area contributed by atoms with Crippen molar-refractivity contribution in [1.29, 1.82) is 0 Å². The lowest BCUT2D eigenvalue weighted by atomic mass is 10.0. The molecule has 0 amide bonds. The lowest BCUT2D eigenvalue weighted by Gasteiger charge is -2.43. The van der Waals surface area contributed by atoms with Gasteiger partial charge in [0, 0.05) is 12.1 Å². The number of hydrogen-bond acceptors (Lipinski definition) is 3. The normalized spacial score (nSPS) is 17.8. The Morgan fingerprint density at radius 2 is 1.41 bits per heavy atom. The van der Waals surface area contributed by atoms with Crippen LogP contribution in [-0.4, -0.2) is 26.6 Å². The summed E-state index contributed by atoms with van der Waals surface area (Å²) in [6.07, 6.45) is 17.0. The molecule has 0 spiro atoms. The molecule has 0 aromatic rings. The van der Waals surface area contributed by atoms with Crippen molar-refractivity contribution >= 4 is 8.80 Å². The van der Waals surface area contributed by atoms with Crippen molar-refractivity contribution < 1.29 is 13.3 Å². The molecule has 4 heteroatoms. The molecule has 1 saturated carbocycles. The van der Waals surface area contributed by atoms with Crippen molar-refractivity contribution in [2.45, 2.75) is 83.5 Å². The van der Waals surface area contributed by atoms with Crippen LogP contribution in [0.25, 0.3) is 0 Å². The second kappa shape index (κ2) is 7.66. The molecule has 1 fully saturated rings. The molecule has 0 radical (unpaired) electrons. The molecule has 1 aliphatic carbocycles. The highest BCUT2D eigenvalue weighted by Crippen LogP contribution is 2.42. The Morgan fingerprint density at radius 1 is 0.955 bits per heavy atom. The summed E-state index contributed by atoms with van der Waals surface area (Å²) in [4.78, 5) is 0. The van der Waals surface area contributed by atoms with Gasteiger partial charge in [0.15, 0.2) is 0 Å². The molecule has 0 heterocycles. The van der Waals surface area contributed by atoms with E-state index in [-0.39, 0.29) is 5.54 Å². The summed E-state index contributed by atoms with van der Waals surface area (Å²) in [5.41, 5.74) is -1.20. The summed E-state index contributed by atoms with van der Waals surface area (Å²) >= 11 is 0. The largest absolute Gasteiger partial charge is 0.506 e. The van der Waals surface area contributed by atoms with Gasteiger partial charge in [0.25, 0.3) is 0 Å². The molecule has 0 aliphatic heterocycles. The molecule has 3 nitrogen and oxygen atoms in total. The van der Waals surface area contributed by atoms with Gasteiger partial charge in [0.05, 0.1) is 0 Å². The van der Waals surface area contributed by atoms with E-state index < -0.39 is 20.0 Å². The van der Waals surface area contributed by atoms with Gasteiger partial charge in [-0.15, -0.1) is 12.8 Å². The maximum atomic E-state index is 6.36. The first kappa shape index (κ1) is 19.3. The average molecular weight is 323 g/mol. The zero-order chi connectivity index (χ0) is 16.9. The van der Waals surface area contributed by atoms with Crippen LogP contribution in [-0.2, 0) is 13.3 Å². The van der Waals surface area contributed by atoms with Crippen LogP contribution in [0.1, 0.15) is 66.7 Å². The van der Waals surface area contributed by atoms with Crippen LogP contribution in [0, 0.1) is 24.7 Å². The van der Waals surface area contributed by atoms with Gasteiger partial charge < -0.3 is 13.3 Å². The molecule has 0 saturated heterocycles. The summed E-state index contributed by atoms with van der Waals surface area (Å²) in [5, 5.41) is 0. The fraction of sp³-hybridized carbons (Fsp3) is 0.778. The molecule has 1 aliphatic rings. The molecule has 124 valence electrons. The lowest BCUT2D eigenvalue weighted by Crippen LogP contribution is -2.58. The van der Waals surface area contributed by atoms with Gasteiger partial charge in [-0.05, 0) is 47.5 Å². The minimum atomic E-state index is -2.99. The first-order valence-corrected chi connectivity index (χ1v) is 10.0. The van der Waals surface area contributed by atoms with Gasteiger partial charge >= 0.3 is 8.80 Å². The van der Waals surface area contributed by atoms with E-state index in [1.807, 2.05) is 34.6 Å². The summed E-state index contributed by atoms with van der Waals surface area (Å²) < 4.78 is 18.9. The van der Waals surface area contributed by atoms with Crippen molar-refractivity contribution in [3.8, 4) is 24.7 Å². The topological polar surface area (TPSA) is 27.7 Å². The summed E-state index contributed by atoms with van der Waals surface area (Å²) in [7, 11) is -2.99. The Hall–Kier alpha value is -0.783. The Labute approximate surface area is 137 Å².